The summed E-state index contributed by atoms with van der Waals surface area (Å²) in [5, 5.41) is 12.2. The van der Waals surface area contributed by atoms with E-state index in [9.17, 15) is 4.79 Å². The molecule has 0 saturated carbocycles. The van der Waals surface area contributed by atoms with Gasteiger partial charge in [0.2, 0.25) is 0 Å². The lowest BCUT2D eigenvalue weighted by Crippen LogP contribution is -2.43. The van der Waals surface area contributed by atoms with Crippen LogP contribution in [0.3, 0.4) is 0 Å². The molecule has 1 fully saturated rings. The number of likely N-dealkylation sites (N-methyl/N-ethyl adjacent to an activating group) is 1. The maximum absolute atomic E-state index is 11.1. The fraction of sp³-hybridized carbons (Fsp3) is 0.923. The minimum absolute atomic E-state index is 0.252. The standard InChI is InChI=1S/C13H26N2O3/c1-4-7-14-11(13(16)17)5-8-15(3)12-6-9-18-10(12)2/h10-12,14H,4-9H2,1-3H3,(H,16,17). The van der Waals surface area contributed by atoms with Gasteiger partial charge in [-0.25, -0.2) is 0 Å². The van der Waals surface area contributed by atoms with Crippen LogP contribution in [0.25, 0.3) is 0 Å². The number of carboxylic acids is 1. The third-order valence-electron chi connectivity index (χ3n) is 3.61. The Bertz CT molecular complexity index is 261. The van der Waals surface area contributed by atoms with Gasteiger partial charge in [-0.15, -0.1) is 0 Å². The highest BCUT2D eigenvalue weighted by molar-refractivity contribution is 5.73. The van der Waals surface area contributed by atoms with E-state index in [0.29, 0.717) is 12.5 Å². The van der Waals surface area contributed by atoms with Crippen LogP contribution in [0.1, 0.15) is 33.1 Å². The molecule has 1 aliphatic heterocycles. The molecule has 18 heavy (non-hydrogen) atoms. The van der Waals surface area contributed by atoms with Crippen molar-refractivity contribution in [1.82, 2.24) is 10.2 Å². The SMILES string of the molecule is CCCNC(CCN(C)C1CCOC1C)C(=O)O. The van der Waals surface area contributed by atoms with Gasteiger partial charge in [-0.3, -0.25) is 4.79 Å². The van der Waals surface area contributed by atoms with E-state index >= 15 is 0 Å². The number of hydrogen-bond acceptors (Lipinski definition) is 4. The van der Waals surface area contributed by atoms with E-state index < -0.39 is 12.0 Å². The monoisotopic (exact) mass is 258 g/mol. The van der Waals surface area contributed by atoms with Gasteiger partial charge in [0.05, 0.1) is 6.10 Å². The Morgan fingerprint density at radius 1 is 1.61 bits per heavy atom. The summed E-state index contributed by atoms with van der Waals surface area (Å²) in [6.45, 7) is 6.47. The number of aliphatic carboxylic acids is 1. The summed E-state index contributed by atoms with van der Waals surface area (Å²) in [7, 11) is 2.05. The lowest BCUT2D eigenvalue weighted by Gasteiger charge is -2.27. The quantitative estimate of drug-likeness (QED) is 0.678. The Balaban J connectivity index is 2.34. The van der Waals surface area contributed by atoms with Crippen molar-refractivity contribution in [3.05, 3.63) is 0 Å². The van der Waals surface area contributed by atoms with Crippen molar-refractivity contribution in [3.8, 4) is 0 Å². The van der Waals surface area contributed by atoms with Crippen LogP contribution in [-0.4, -0.2) is 60.9 Å². The van der Waals surface area contributed by atoms with E-state index in [1.165, 1.54) is 0 Å². The number of hydrogen-bond donors (Lipinski definition) is 2. The zero-order chi connectivity index (χ0) is 13.5. The average molecular weight is 258 g/mol. The molecule has 0 aromatic rings. The molecule has 106 valence electrons. The van der Waals surface area contributed by atoms with E-state index in [-0.39, 0.29) is 6.10 Å². The first kappa shape index (κ1) is 15.4. The van der Waals surface area contributed by atoms with Gasteiger partial charge in [0.15, 0.2) is 0 Å². The van der Waals surface area contributed by atoms with Crippen LogP contribution >= 0.6 is 0 Å². The van der Waals surface area contributed by atoms with Crippen LogP contribution in [0.2, 0.25) is 0 Å². The first-order valence-electron chi connectivity index (χ1n) is 6.84. The topological polar surface area (TPSA) is 61.8 Å². The molecule has 0 radical (unpaired) electrons. The van der Waals surface area contributed by atoms with Gasteiger partial charge in [-0.2, -0.15) is 0 Å². The minimum Gasteiger partial charge on any atom is -0.480 e. The van der Waals surface area contributed by atoms with Crippen LogP contribution in [0.5, 0.6) is 0 Å². The second kappa shape index (κ2) is 7.71. The van der Waals surface area contributed by atoms with Crippen molar-refractivity contribution in [1.29, 1.82) is 0 Å². The lowest BCUT2D eigenvalue weighted by atomic mass is 10.1. The van der Waals surface area contributed by atoms with Crippen LogP contribution in [-0.2, 0) is 9.53 Å². The number of carboxylic acid groups (broad SMARTS) is 1. The molecule has 3 atom stereocenters. The van der Waals surface area contributed by atoms with Crippen molar-refractivity contribution in [2.75, 3.05) is 26.7 Å². The number of carbonyl (C=O) groups is 1. The van der Waals surface area contributed by atoms with Crippen LogP contribution < -0.4 is 5.32 Å². The van der Waals surface area contributed by atoms with Crippen molar-refractivity contribution < 1.29 is 14.6 Å². The molecule has 3 unspecified atom stereocenters. The van der Waals surface area contributed by atoms with E-state index in [1.807, 2.05) is 6.92 Å². The Kier molecular flexibility index (Phi) is 6.60. The van der Waals surface area contributed by atoms with E-state index in [0.717, 1.165) is 32.5 Å². The minimum atomic E-state index is -0.757. The summed E-state index contributed by atoms with van der Waals surface area (Å²) in [6, 6.07) is -0.0179. The van der Waals surface area contributed by atoms with Gasteiger partial charge >= 0.3 is 5.97 Å². The molecule has 0 aromatic carbocycles. The zero-order valence-electron chi connectivity index (χ0n) is 11.7. The zero-order valence-corrected chi connectivity index (χ0v) is 11.7. The second-order valence-electron chi connectivity index (χ2n) is 5.05. The number of nitrogens with zero attached hydrogens (tertiary/aromatic N) is 1. The fourth-order valence-electron chi connectivity index (χ4n) is 2.43. The maximum atomic E-state index is 11.1. The molecule has 0 aliphatic carbocycles. The van der Waals surface area contributed by atoms with Crippen LogP contribution in [0.4, 0.5) is 0 Å². The molecule has 2 N–H and O–H groups in total. The summed E-state index contributed by atoms with van der Waals surface area (Å²) >= 11 is 0. The highest BCUT2D eigenvalue weighted by Crippen LogP contribution is 2.18. The summed E-state index contributed by atoms with van der Waals surface area (Å²) in [5.41, 5.74) is 0. The maximum Gasteiger partial charge on any atom is 0.320 e. The Morgan fingerprint density at radius 2 is 2.33 bits per heavy atom. The third kappa shape index (κ3) is 4.55. The number of nitrogens with one attached hydrogen (secondary N) is 1. The fourth-order valence-corrected chi connectivity index (χ4v) is 2.43. The van der Waals surface area contributed by atoms with Crippen molar-refractivity contribution in [3.63, 3.8) is 0 Å². The summed E-state index contributed by atoms with van der Waals surface area (Å²) in [4.78, 5) is 13.3. The van der Waals surface area contributed by atoms with Gasteiger partial charge in [0, 0.05) is 19.2 Å². The smallest absolute Gasteiger partial charge is 0.320 e. The molecular formula is C13H26N2O3. The molecule has 0 aromatic heterocycles. The van der Waals surface area contributed by atoms with Crippen LogP contribution in [0.15, 0.2) is 0 Å². The molecule has 0 amide bonds. The lowest BCUT2D eigenvalue weighted by molar-refractivity contribution is -0.139. The van der Waals surface area contributed by atoms with Gasteiger partial charge in [-0.05, 0) is 39.8 Å². The molecule has 5 nitrogen and oxygen atoms in total. The molecule has 1 rings (SSSR count). The molecule has 5 heteroatoms. The largest absolute Gasteiger partial charge is 0.480 e. The molecule has 0 bridgehead atoms. The van der Waals surface area contributed by atoms with Gasteiger partial charge in [0.25, 0.3) is 0 Å². The first-order chi connectivity index (χ1) is 8.56. The molecule has 1 aliphatic rings. The Labute approximate surface area is 109 Å². The molecule has 0 spiro atoms. The predicted molar refractivity (Wildman–Crippen MR) is 70.8 cm³/mol. The molecular weight excluding hydrogens is 232 g/mol. The summed E-state index contributed by atoms with van der Waals surface area (Å²) < 4.78 is 5.53. The van der Waals surface area contributed by atoms with E-state index in [1.54, 1.807) is 0 Å². The molecule has 1 heterocycles. The summed E-state index contributed by atoms with van der Waals surface area (Å²) in [6.07, 6.45) is 2.88. The van der Waals surface area contributed by atoms with E-state index in [4.69, 9.17) is 9.84 Å². The van der Waals surface area contributed by atoms with Gasteiger partial charge in [-0.1, -0.05) is 6.92 Å². The first-order valence-corrected chi connectivity index (χ1v) is 6.84. The average Bonchev–Trinajstić information content (AvgIpc) is 2.74. The van der Waals surface area contributed by atoms with Gasteiger partial charge < -0.3 is 20.1 Å². The second-order valence-corrected chi connectivity index (χ2v) is 5.05. The summed E-state index contributed by atoms with van der Waals surface area (Å²) in [5.74, 6) is -0.757. The van der Waals surface area contributed by atoms with Crippen molar-refractivity contribution >= 4 is 5.97 Å². The highest BCUT2D eigenvalue weighted by atomic mass is 16.5. The third-order valence-corrected chi connectivity index (χ3v) is 3.61. The highest BCUT2D eigenvalue weighted by Gasteiger charge is 2.28. The van der Waals surface area contributed by atoms with E-state index in [2.05, 4.69) is 24.2 Å². The van der Waals surface area contributed by atoms with Crippen molar-refractivity contribution in [2.24, 2.45) is 0 Å². The number of ether oxygens (including phenoxy) is 1. The van der Waals surface area contributed by atoms with Gasteiger partial charge in [0.1, 0.15) is 6.04 Å². The van der Waals surface area contributed by atoms with Crippen molar-refractivity contribution in [2.45, 2.75) is 51.3 Å². The normalized spacial score (nSPS) is 25.6. The molecule has 1 saturated heterocycles. The van der Waals surface area contributed by atoms with Crippen LogP contribution in [0, 0.1) is 0 Å². The Morgan fingerprint density at radius 3 is 2.83 bits per heavy atom. The Hall–Kier alpha value is -0.650. The number of rotatable bonds is 8. The predicted octanol–water partition coefficient (Wildman–Crippen LogP) is 0.939.